The Bertz CT molecular complexity index is 509. The van der Waals surface area contributed by atoms with Crippen molar-refractivity contribution in [1.29, 1.82) is 0 Å². The van der Waals surface area contributed by atoms with Crippen molar-refractivity contribution in [3.8, 4) is 0 Å². The molecule has 0 spiro atoms. The van der Waals surface area contributed by atoms with Crippen molar-refractivity contribution in [2.45, 2.75) is 13.5 Å². The molecule has 1 aromatic carbocycles. The highest BCUT2D eigenvalue weighted by atomic mass is 35.5. The van der Waals surface area contributed by atoms with Crippen molar-refractivity contribution in [3.05, 3.63) is 52.7 Å². The summed E-state index contributed by atoms with van der Waals surface area (Å²) in [7, 11) is 0. The van der Waals surface area contributed by atoms with Crippen molar-refractivity contribution in [3.63, 3.8) is 0 Å². The summed E-state index contributed by atoms with van der Waals surface area (Å²) in [6, 6.07) is 10.00. The molecule has 0 radical (unpaired) electrons. The predicted octanol–water partition coefficient (Wildman–Crippen LogP) is 3.24. The highest BCUT2D eigenvalue weighted by molar-refractivity contribution is 6.33. The lowest BCUT2D eigenvalue weighted by molar-refractivity contribution is 1.11. The first kappa shape index (κ1) is 11.7. The summed E-state index contributed by atoms with van der Waals surface area (Å²) in [5, 5.41) is 3.72. The second kappa shape index (κ2) is 5.06. The van der Waals surface area contributed by atoms with Crippen LogP contribution in [-0.2, 0) is 6.54 Å². The van der Waals surface area contributed by atoms with Gasteiger partial charge in [-0.05, 0) is 18.6 Å². The van der Waals surface area contributed by atoms with E-state index in [4.69, 9.17) is 17.3 Å². The topological polar surface area (TPSA) is 50.9 Å². The van der Waals surface area contributed by atoms with Gasteiger partial charge in [-0.15, -0.1) is 0 Å². The molecule has 0 aliphatic rings. The van der Waals surface area contributed by atoms with Crippen LogP contribution in [0.1, 0.15) is 11.1 Å². The molecule has 2 aromatic rings. The van der Waals surface area contributed by atoms with Crippen molar-refractivity contribution < 1.29 is 0 Å². The first-order chi connectivity index (χ1) is 8.15. The van der Waals surface area contributed by atoms with E-state index in [0.717, 1.165) is 0 Å². The number of anilines is 2. The molecule has 0 saturated heterocycles. The number of nitrogen functional groups attached to an aromatic ring is 1. The molecule has 0 saturated carbocycles. The standard InChI is InChI=1S/C13H14ClN3/c1-9-2-4-10(5-3-9)7-16-13-12(14)6-11(15)8-17-13/h2-6,8H,7,15H2,1H3,(H,16,17). The van der Waals surface area contributed by atoms with Crippen LogP contribution in [0.5, 0.6) is 0 Å². The monoisotopic (exact) mass is 247 g/mol. The van der Waals surface area contributed by atoms with Gasteiger partial charge in [-0.25, -0.2) is 4.98 Å². The Morgan fingerprint density at radius 2 is 2.00 bits per heavy atom. The Morgan fingerprint density at radius 1 is 1.29 bits per heavy atom. The van der Waals surface area contributed by atoms with E-state index in [1.165, 1.54) is 11.1 Å². The highest BCUT2D eigenvalue weighted by Gasteiger charge is 2.01. The smallest absolute Gasteiger partial charge is 0.145 e. The molecular weight excluding hydrogens is 234 g/mol. The summed E-state index contributed by atoms with van der Waals surface area (Å²) in [6.07, 6.45) is 1.59. The summed E-state index contributed by atoms with van der Waals surface area (Å²) < 4.78 is 0. The maximum atomic E-state index is 6.02. The van der Waals surface area contributed by atoms with Crippen molar-refractivity contribution in [2.24, 2.45) is 0 Å². The van der Waals surface area contributed by atoms with Crippen LogP contribution in [-0.4, -0.2) is 4.98 Å². The molecule has 88 valence electrons. The third-order valence-electron chi connectivity index (χ3n) is 2.44. The van der Waals surface area contributed by atoms with Gasteiger partial charge in [-0.2, -0.15) is 0 Å². The van der Waals surface area contributed by atoms with Crippen LogP contribution in [0, 0.1) is 6.92 Å². The van der Waals surface area contributed by atoms with Crippen LogP contribution in [0.3, 0.4) is 0 Å². The molecule has 0 fully saturated rings. The van der Waals surface area contributed by atoms with E-state index in [-0.39, 0.29) is 0 Å². The second-order valence-electron chi connectivity index (χ2n) is 3.94. The third-order valence-corrected chi connectivity index (χ3v) is 2.73. The van der Waals surface area contributed by atoms with Gasteiger partial charge in [0, 0.05) is 6.54 Å². The summed E-state index contributed by atoms with van der Waals surface area (Å²) in [4.78, 5) is 4.14. The van der Waals surface area contributed by atoms with Gasteiger partial charge in [0.2, 0.25) is 0 Å². The fourth-order valence-electron chi connectivity index (χ4n) is 1.47. The molecule has 17 heavy (non-hydrogen) atoms. The van der Waals surface area contributed by atoms with Gasteiger partial charge in [-0.3, -0.25) is 0 Å². The van der Waals surface area contributed by atoms with Gasteiger partial charge < -0.3 is 11.1 Å². The third kappa shape index (κ3) is 3.11. The van der Waals surface area contributed by atoms with E-state index in [1.54, 1.807) is 12.3 Å². The first-order valence-corrected chi connectivity index (χ1v) is 5.73. The average Bonchev–Trinajstić information content (AvgIpc) is 2.30. The lowest BCUT2D eigenvalue weighted by Gasteiger charge is -2.08. The maximum absolute atomic E-state index is 6.02. The van der Waals surface area contributed by atoms with Crippen molar-refractivity contribution in [1.82, 2.24) is 4.98 Å². The van der Waals surface area contributed by atoms with Crippen LogP contribution in [0.2, 0.25) is 5.02 Å². The number of nitrogens with zero attached hydrogens (tertiary/aromatic N) is 1. The van der Waals surface area contributed by atoms with Crippen LogP contribution in [0.25, 0.3) is 0 Å². The highest BCUT2D eigenvalue weighted by Crippen LogP contribution is 2.21. The largest absolute Gasteiger partial charge is 0.397 e. The summed E-state index contributed by atoms with van der Waals surface area (Å²) in [5.41, 5.74) is 8.58. The van der Waals surface area contributed by atoms with Gasteiger partial charge in [0.15, 0.2) is 0 Å². The number of pyridine rings is 1. The molecular formula is C13H14ClN3. The molecule has 4 heteroatoms. The van der Waals surface area contributed by atoms with E-state index in [1.807, 2.05) is 0 Å². The Kier molecular flexibility index (Phi) is 3.49. The molecule has 3 N–H and O–H groups in total. The molecule has 2 rings (SSSR count). The molecule has 0 bridgehead atoms. The summed E-state index contributed by atoms with van der Waals surface area (Å²) in [5.74, 6) is 0.654. The zero-order chi connectivity index (χ0) is 12.3. The van der Waals surface area contributed by atoms with Gasteiger partial charge in [0.05, 0.1) is 16.9 Å². The summed E-state index contributed by atoms with van der Waals surface area (Å²) >= 11 is 6.02. The number of rotatable bonds is 3. The number of nitrogens with two attached hydrogens (primary N) is 1. The SMILES string of the molecule is Cc1ccc(CNc2ncc(N)cc2Cl)cc1. The Labute approximate surface area is 106 Å². The van der Waals surface area contributed by atoms with E-state index in [0.29, 0.717) is 23.1 Å². The Balaban J connectivity index is 2.04. The van der Waals surface area contributed by atoms with E-state index in [2.05, 4.69) is 41.5 Å². The van der Waals surface area contributed by atoms with Crippen LogP contribution < -0.4 is 11.1 Å². The van der Waals surface area contributed by atoms with Crippen molar-refractivity contribution >= 4 is 23.1 Å². The number of hydrogen-bond donors (Lipinski definition) is 2. The van der Waals surface area contributed by atoms with Crippen LogP contribution in [0.15, 0.2) is 36.5 Å². The van der Waals surface area contributed by atoms with Crippen molar-refractivity contribution in [2.75, 3.05) is 11.1 Å². The fourth-order valence-corrected chi connectivity index (χ4v) is 1.72. The van der Waals surface area contributed by atoms with Crippen LogP contribution in [0.4, 0.5) is 11.5 Å². The fraction of sp³-hybridized carbons (Fsp3) is 0.154. The number of hydrogen-bond acceptors (Lipinski definition) is 3. The van der Waals surface area contributed by atoms with E-state index in [9.17, 15) is 0 Å². The predicted molar refractivity (Wildman–Crippen MR) is 72.2 cm³/mol. The molecule has 0 atom stereocenters. The first-order valence-electron chi connectivity index (χ1n) is 5.35. The van der Waals surface area contributed by atoms with Gasteiger partial charge in [0.1, 0.15) is 5.82 Å². The second-order valence-corrected chi connectivity index (χ2v) is 4.35. The number of aromatic nitrogens is 1. The maximum Gasteiger partial charge on any atom is 0.145 e. The van der Waals surface area contributed by atoms with E-state index >= 15 is 0 Å². The summed E-state index contributed by atoms with van der Waals surface area (Å²) in [6.45, 7) is 2.76. The molecule has 1 heterocycles. The quantitative estimate of drug-likeness (QED) is 0.876. The zero-order valence-electron chi connectivity index (χ0n) is 9.57. The Hall–Kier alpha value is -1.74. The minimum Gasteiger partial charge on any atom is -0.397 e. The van der Waals surface area contributed by atoms with E-state index < -0.39 is 0 Å². The molecule has 3 nitrogen and oxygen atoms in total. The Morgan fingerprint density at radius 3 is 2.65 bits per heavy atom. The minimum atomic E-state index is 0.539. The molecule has 1 aromatic heterocycles. The number of benzene rings is 1. The minimum absolute atomic E-state index is 0.539. The molecule has 0 aliphatic carbocycles. The normalized spacial score (nSPS) is 10.2. The number of halogens is 1. The number of nitrogens with one attached hydrogen (secondary N) is 1. The van der Waals surface area contributed by atoms with Gasteiger partial charge in [-0.1, -0.05) is 41.4 Å². The number of aryl methyl sites for hydroxylation is 1. The zero-order valence-corrected chi connectivity index (χ0v) is 10.3. The lowest BCUT2D eigenvalue weighted by Crippen LogP contribution is -2.02. The molecule has 0 amide bonds. The molecule has 0 unspecified atom stereocenters. The van der Waals surface area contributed by atoms with Gasteiger partial charge in [0.25, 0.3) is 0 Å². The van der Waals surface area contributed by atoms with Crippen LogP contribution >= 0.6 is 11.6 Å². The molecule has 0 aliphatic heterocycles. The van der Waals surface area contributed by atoms with Gasteiger partial charge >= 0.3 is 0 Å². The average molecular weight is 248 g/mol. The lowest BCUT2D eigenvalue weighted by atomic mass is 10.1.